The topological polar surface area (TPSA) is 96.2 Å². The minimum absolute atomic E-state index is 0.188. The van der Waals surface area contributed by atoms with Gasteiger partial charge in [-0.3, -0.25) is 13.9 Å². The van der Waals surface area contributed by atoms with Crippen molar-refractivity contribution < 1.29 is 5.11 Å². The Balaban J connectivity index is 2.03. The van der Waals surface area contributed by atoms with Crippen molar-refractivity contribution in [2.24, 2.45) is 20.0 Å². The number of nitrogens with zero attached hydrogens (tertiary/aromatic N) is 4. The molecule has 2 aromatic heterocycles. The van der Waals surface area contributed by atoms with Crippen molar-refractivity contribution in [1.82, 2.24) is 19.1 Å². The van der Waals surface area contributed by atoms with Crippen molar-refractivity contribution in [1.29, 1.82) is 0 Å². The highest BCUT2D eigenvalue weighted by molar-refractivity contribution is 5.73. The second-order valence-corrected chi connectivity index (χ2v) is 5.58. The number of fused-ring (bicyclic) bond motifs is 1. The fourth-order valence-corrected chi connectivity index (χ4v) is 2.91. The third-order valence-electron chi connectivity index (χ3n) is 4.21. The van der Waals surface area contributed by atoms with E-state index in [1.54, 1.807) is 7.05 Å². The van der Waals surface area contributed by atoms with Gasteiger partial charge < -0.3 is 15.0 Å². The molecule has 0 aromatic carbocycles. The molecule has 2 aromatic rings. The van der Waals surface area contributed by atoms with E-state index >= 15 is 0 Å². The number of aromatic nitrogens is 4. The Hall–Kier alpha value is -2.09. The van der Waals surface area contributed by atoms with E-state index in [1.165, 1.54) is 11.6 Å². The first-order chi connectivity index (χ1) is 10.0. The first kappa shape index (κ1) is 13.9. The third-order valence-corrected chi connectivity index (χ3v) is 4.21. The Morgan fingerprint density at radius 2 is 2.10 bits per heavy atom. The minimum atomic E-state index is -0.384. The fourth-order valence-electron chi connectivity index (χ4n) is 2.91. The first-order valence-corrected chi connectivity index (χ1v) is 7.04. The van der Waals surface area contributed by atoms with E-state index in [1.807, 2.05) is 0 Å². The average Bonchev–Trinajstić information content (AvgIpc) is 3.09. The van der Waals surface area contributed by atoms with Crippen molar-refractivity contribution in [3.8, 4) is 0 Å². The summed E-state index contributed by atoms with van der Waals surface area (Å²) in [4.78, 5) is 33.5. The zero-order valence-corrected chi connectivity index (χ0v) is 12.2. The van der Waals surface area contributed by atoms with Crippen LogP contribution < -0.4 is 16.1 Å². The fraction of sp³-hybridized carbons (Fsp3) is 0.615. The molecule has 1 fully saturated rings. The number of aliphatic hydroxyl groups excluding tert-OH is 1. The van der Waals surface area contributed by atoms with E-state index in [-0.39, 0.29) is 17.9 Å². The SMILES string of the molecule is Cn1c(=O)c2[nH]c(N3CCC(CCO)C3)nc2n(C)c1=O. The molecule has 21 heavy (non-hydrogen) atoms. The van der Waals surface area contributed by atoms with Crippen LogP contribution in [0.15, 0.2) is 9.59 Å². The molecule has 0 radical (unpaired) electrons. The van der Waals surface area contributed by atoms with Crippen molar-refractivity contribution in [3.05, 3.63) is 20.8 Å². The molecule has 0 bridgehead atoms. The highest BCUT2D eigenvalue weighted by atomic mass is 16.3. The second-order valence-electron chi connectivity index (χ2n) is 5.58. The summed E-state index contributed by atoms with van der Waals surface area (Å²) in [6, 6.07) is 0. The maximum atomic E-state index is 12.1. The van der Waals surface area contributed by atoms with Gasteiger partial charge >= 0.3 is 5.69 Å². The number of aryl methyl sites for hydroxylation is 1. The predicted molar refractivity (Wildman–Crippen MR) is 78.6 cm³/mol. The summed E-state index contributed by atoms with van der Waals surface area (Å²) in [5, 5.41) is 9.01. The quantitative estimate of drug-likeness (QED) is 0.770. The molecule has 3 rings (SSSR count). The molecule has 114 valence electrons. The van der Waals surface area contributed by atoms with Gasteiger partial charge in [-0.15, -0.1) is 0 Å². The van der Waals surface area contributed by atoms with Gasteiger partial charge in [0.1, 0.15) is 0 Å². The largest absolute Gasteiger partial charge is 0.396 e. The number of imidazole rings is 1. The highest BCUT2D eigenvalue weighted by Gasteiger charge is 2.25. The van der Waals surface area contributed by atoms with Gasteiger partial charge in [0, 0.05) is 33.8 Å². The molecule has 0 spiro atoms. The number of anilines is 1. The van der Waals surface area contributed by atoms with Crippen LogP contribution in [-0.2, 0) is 14.1 Å². The van der Waals surface area contributed by atoms with Crippen LogP contribution in [0, 0.1) is 5.92 Å². The number of nitrogens with one attached hydrogen (secondary N) is 1. The van der Waals surface area contributed by atoms with Crippen LogP contribution in [0.5, 0.6) is 0 Å². The van der Waals surface area contributed by atoms with Gasteiger partial charge in [0.2, 0.25) is 5.95 Å². The Morgan fingerprint density at radius 3 is 2.81 bits per heavy atom. The Bertz CT molecular complexity index is 787. The predicted octanol–water partition coefficient (Wildman–Crippen LogP) is -0.831. The van der Waals surface area contributed by atoms with Crippen LogP contribution in [0.1, 0.15) is 12.8 Å². The van der Waals surface area contributed by atoms with Gasteiger partial charge in [-0.1, -0.05) is 0 Å². The first-order valence-electron chi connectivity index (χ1n) is 7.04. The molecule has 1 aliphatic heterocycles. The van der Waals surface area contributed by atoms with Crippen LogP contribution in [0.2, 0.25) is 0 Å². The molecule has 2 N–H and O–H groups in total. The average molecular weight is 293 g/mol. The van der Waals surface area contributed by atoms with Crippen LogP contribution in [0.3, 0.4) is 0 Å². The van der Waals surface area contributed by atoms with Crippen LogP contribution in [0.4, 0.5) is 5.95 Å². The monoisotopic (exact) mass is 293 g/mol. The number of hydrogen-bond acceptors (Lipinski definition) is 5. The van der Waals surface area contributed by atoms with E-state index in [0.717, 1.165) is 30.5 Å². The smallest absolute Gasteiger partial charge is 0.332 e. The summed E-state index contributed by atoms with van der Waals surface area (Å²) < 4.78 is 2.45. The molecule has 3 heterocycles. The number of H-pyrrole nitrogens is 1. The lowest BCUT2D eigenvalue weighted by Crippen LogP contribution is -2.36. The van der Waals surface area contributed by atoms with E-state index < -0.39 is 0 Å². The van der Waals surface area contributed by atoms with Crippen molar-refractivity contribution in [3.63, 3.8) is 0 Å². The standard InChI is InChI=1S/C13H19N5O3/c1-16-10-9(11(20)17(2)13(16)21)14-12(15-10)18-5-3-8(7-18)4-6-19/h8,19H,3-7H2,1-2H3,(H,14,15). The molecule has 0 amide bonds. The lowest BCUT2D eigenvalue weighted by Gasteiger charge is -2.14. The van der Waals surface area contributed by atoms with Crippen LogP contribution >= 0.6 is 0 Å². The van der Waals surface area contributed by atoms with Gasteiger partial charge in [0.05, 0.1) is 0 Å². The highest BCUT2D eigenvalue weighted by Crippen LogP contribution is 2.24. The number of aliphatic hydroxyl groups is 1. The zero-order valence-electron chi connectivity index (χ0n) is 12.2. The molecule has 1 aliphatic rings. The summed E-state index contributed by atoms with van der Waals surface area (Å²) in [5.41, 5.74) is -0.0213. The van der Waals surface area contributed by atoms with Gasteiger partial charge in [0.15, 0.2) is 11.2 Å². The normalized spacial score (nSPS) is 18.8. The van der Waals surface area contributed by atoms with Gasteiger partial charge in [-0.25, -0.2) is 4.79 Å². The third kappa shape index (κ3) is 2.15. The summed E-state index contributed by atoms with van der Waals surface area (Å²) in [6.07, 6.45) is 1.77. The zero-order chi connectivity index (χ0) is 15.1. The Kier molecular flexibility index (Phi) is 3.32. The van der Waals surface area contributed by atoms with Gasteiger partial charge in [-0.05, 0) is 18.8 Å². The Morgan fingerprint density at radius 1 is 1.33 bits per heavy atom. The molecular formula is C13H19N5O3. The van der Waals surface area contributed by atoms with Crippen molar-refractivity contribution in [2.75, 3.05) is 24.6 Å². The minimum Gasteiger partial charge on any atom is -0.396 e. The van der Waals surface area contributed by atoms with E-state index in [2.05, 4.69) is 14.9 Å². The molecule has 0 aliphatic carbocycles. The second kappa shape index (κ2) is 5.03. The van der Waals surface area contributed by atoms with E-state index in [4.69, 9.17) is 5.11 Å². The molecule has 8 nitrogen and oxygen atoms in total. The van der Waals surface area contributed by atoms with Crippen LogP contribution in [0.25, 0.3) is 11.2 Å². The summed E-state index contributed by atoms with van der Waals surface area (Å²) >= 11 is 0. The number of rotatable bonds is 3. The van der Waals surface area contributed by atoms with Crippen molar-refractivity contribution >= 4 is 17.1 Å². The summed E-state index contributed by atoms with van der Waals surface area (Å²) in [5.74, 6) is 1.05. The molecular weight excluding hydrogens is 274 g/mol. The lowest BCUT2D eigenvalue weighted by molar-refractivity contribution is 0.263. The van der Waals surface area contributed by atoms with Crippen LogP contribution in [-0.4, -0.2) is 43.9 Å². The Labute approximate surface area is 120 Å². The van der Waals surface area contributed by atoms with E-state index in [0.29, 0.717) is 23.0 Å². The molecule has 1 unspecified atom stereocenters. The molecule has 1 atom stereocenters. The van der Waals surface area contributed by atoms with Gasteiger partial charge in [0.25, 0.3) is 5.56 Å². The molecule has 8 heteroatoms. The maximum Gasteiger partial charge on any atom is 0.332 e. The molecule has 1 saturated heterocycles. The number of hydrogen-bond donors (Lipinski definition) is 2. The molecule has 0 saturated carbocycles. The van der Waals surface area contributed by atoms with E-state index in [9.17, 15) is 9.59 Å². The summed E-state index contributed by atoms with van der Waals surface area (Å²) in [6.45, 7) is 1.82. The number of aromatic amines is 1. The summed E-state index contributed by atoms with van der Waals surface area (Å²) in [7, 11) is 3.06. The van der Waals surface area contributed by atoms with Crippen molar-refractivity contribution in [2.45, 2.75) is 12.8 Å². The lowest BCUT2D eigenvalue weighted by atomic mass is 10.1. The maximum absolute atomic E-state index is 12.1. The van der Waals surface area contributed by atoms with Gasteiger partial charge in [-0.2, -0.15) is 4.98 Å².